The van der Waals surface area contributed by atoms with E-state index in [0.29, 0.717) is 33.3 Å². The number of hydrogen-bond donors (Lipinski definition) is 0. The summed E-state index contributed by atoms with van der Waals surface area (Å²) in [6.07, 6.45) is -0.508. The van der Waals surface area contributed by atoms with Crippen LogP contribution in [0.1, 0.15) is 5.56 Å². The van der Waals surface area contributed by atoms with Gasteiger partial charge >= 0.3 is 6.09 Å². The molecule has 0 N–H and O–H groups in total. The largest absolute Gasteiger partial charge is 0.489 e. The predicted octanol–water partition coefficient (Wildman–Crippen LogP) is 4.59. The van der Waals surface area contributed by atoms with E-state index in [1.807, 2.05) is 0 Å². The Bertz CT molecular complexity index is 1270. The van der Waals surface area contributed by atoms with Crippen LogP contribution < -0.4 is 14.9 Å². The second kappa shape index (κ2) is 8.04. The maximum absolute atomic E-state index is 11.7. The van der Waals surface area contributed by atoms with E-state index in [1.165, 1.54) is 17.0 Å². The molecular weight excluding hydrogens is 408 g/mol. The predicted molar refractivity (Wildman–Crippen MR) is 112 cm³/mol. The molecule has 1 aliphatic carbocycles. The minimum absolute atomic E-state index is 0.142. The van der Waals surface area contributed by atoms with Gasteiger partial charge in [-0.2, -0.15) is 0 Å². The molecule has 0 spiro atoms. The van der Waals surface area contributed by atoms with Crippen LogP contribution in [-0.2, 0) is 6.61 Å². The molecule has 1 heterocycles. The minimum Gasteiger partial charge on any atom is -0.489 e. The maximum atomic E-state index is 11.7. The maximum Gasteiger partial charge on any atom is 0.414 e. The first-order chi connectivity index (χ1) is 14.4. The first kappa shape index (κ1) is 19.7. The van der Waals surface area contributed by atoms with Gasteiger partial charge in [-0.3, -0.25) is 4.79 Å². The van der Waals surface area contributed by atoms with Crippen LogP contribution >= 0.6 is 11.6 Å². The molecule has 30 heavy (non-hydrogen) atoms. The zero-order chi connectivity index (χ0) is 21.3. The van der Waals surface area contributed by atoms with Gasteiger partial charge in [-0.15, -0.1) is 0 Å². The molecule has 0 saturated heterocycles. The second-order valence-corrected chi connectivity index (χ2v) is 7.20. The minimum atomic E-state index is -0.508. The van der Waals surface area contributed by atoms with Crippen LogP contribution in [0.15, 0.2) is 63.8 Å². The summed E-state index contributed by atoms with van der Waals surface area (Å²) in [6, 6.07) is 14.8. The zero-order valence-electron chi connectivity index (χ0n) is 16.2. The lowest BCUT2D eigenvalue weighted by Crippen LogP contribution is -2.25. The van der Waals surface area contributed by atoms with Crippen LogP contribution in [0.25, 0.3) is 22.6 Å². The smallest absolute Gasteiger partial charge is 0.414 e. The molecule has 8 heteroatoms. The van der Waals surface area contributed by atoms with E-state index >= 15 is 0 Å². The highest BCUT2D eigenvalue weighted by Gasteiger charge is 2.12. The Balaban J connectivity index is 1.51. The number of ether oxygens (including phenoxy) is 2. The molecule has 1 aliphatic heterocycles. The van der Waals surface area contributed by atoms with E-state index in [1.54, 1.807) is 56.6 Å². The van der Waals surface area contributed by atoms with Gasteiger partial charge in [-0.25, -0.2) is 9.78 Å². The lowest BCUT2D eigenvalue weighted by Gasteiger charge is -2.13. The number of halogens is 1. The summed E-state index contributed by atoms with van der Waals surface area (Å²) in [4.78, 5) is 29.0. The molecule has 0 bridgehead atoms. The Morgan fingerprint density at radius 1 is 1.10 bits per heavy atom. The van der Waals surface area contributed by atoms with E-state index in [0.717, 1.165) is 5.56 Å². The lowest BCUT2D eigenvalue weighted by atomic mass is 10.2. The molecule has 2 aromatic rings. The van der Waals surface area contributed by atoms with Gasteiger partial charge in [-0.05, 0) is 42.0 Å². The van der Waals surface area contributed by atoms with Crippen molar-refractivity contribution in [3.8, 4) is 23.0 Å². The normalized spacial score (nSPS) is 10.9. The molecule has 0 fully saturated rings. The Morgan fingerprint density at radius 3 is 2.70 bits per heavy atom. The fraction of sp³-hybridized carbons (Fsp3) is 0.136. The van der Waals surface area contributed by atoms with Crippen molar-refractivity contribution in [1.29, 1.82) is 0 Å². The van der Waals surface area contributed by atoms with Gasteiger partial charge in [0.05, 0.1) is 5.02 Å². The monoisotopic (exact) mass is 424 g/mol. The molecule has 0 aromatic heterocycles. The van der Waals surface area contributed by atoms with Crippen LogP contribution in [0.4, 0.5) is 4.79 Å². The lowest BCUT2D eigenvalue weighted by molar-refractivity contribution is 0.172. The van der Waals surface area contributed by atoms with Crippen LogP contribution in [0.3, 0.4) is 0 Å². The summed E-state index contributed by atoms with van der Waals surface area (Å²) in [5.74, 6) is 1.27. The number of benzene rings is 3. The van der Waals surface area contributed by atoms with Crippen molar-refractivity contribution in [2.75, 3.05) is 14.1 Å². The Kier molecular flexibility index (Phi) is 5.29. The van der Waals surface area contributed by atoms with Crippen LogP contribution in [0.5, 0.6) is 11.5 Å². The van der Waals surface area contributed by atoms with Crippen molar-refractivity contribution in [2.45, 2.75) is 6.61 Å². The molecule has 1 amide bonds. The standard InChI is InChI=1S/C22H17ClN2O5/c1-25(2)22(27)30-19-8-3-13(9-16(19)23)12-28-15-5-7-18-21(11-15)29-20-10-14(26)4-6-17(20)24-18/h3-11H,12H2,1-2H3. The highest BCUT2D eigenvalue weighted by molar-refractivity contribution is 6.32. The van der Waals surface area contributed by atoms with Crippen LogP contribution in [0, 0.1) is 0 Å². The zero-order valence-corrected chi connectivity index (χ0v) is 17.0. The van der Waals surface area contributed by atoms with Gasteiger partial charge < -0.3 is 18.8 Å². The number of carbonyl (C=O) groups is 1. The topological polar surface area (TPSA) is 81.9 Å². The fourth-order valence-corrected chi connectivity index (χ4v) is 2.99. The first-order valence-corrected chi connectivity index (χ1v) is 9.42. The van der Waals surface area contributed by atoms with E-state index in [-0.39, 0.29) is 17.8 Å². The summed E-state index contributed by atoms with van der Waals surface area (Å²) < 4.78 is 16.8. The third kappa shape index (κ3) is 4.21. The van der Waals surface area contributed by atoms with E-state index in [4.69, 9.17) is 25.5 Å². The third-order valence-corrected chi connectivity index (χ3v) is 4.58. The molecule has 0 atom stereocenters. The summed E-state index contributed by atoms with van der Waals surface area (Å²) in [5, 5.41) is 0.309. The third-order valence-electron chi connectivity index (χ3n) is 4.29. The van der Waals surface area contributed by atoms with Gasteiger partial charge in [0.15, 0.2) is 22.5 Å². The molecule has 2 aliphatic rings. The fourth-order valence-electron chi connectivity index (χ4n) is 2.74. The number of rotatable bonds is 4. The molecule has 0 unspecified atom stereocenters. The first-order valence-electron chi connectivity index (χ1n) is 9.04. The van der Waals surface area contributed by atoms with Crippen molar-refractivity contribution in [1.82, 2.24) is 9.88 Å². The summed E-state index contributed by atoms with van der Waals surface area (Å²) in [6.45, 7) is 0.249. The van der Waals surface area contributed by atoms with Gasteiger partial charge in [-0.1, -0.05) is 17.7 Å². The van der Waals surface area contributed by atoms with E-state index < -0.39 is 6.09 Å². The summed E-state index contributed by atoms with van der Waals surface area (Å²) in [7, 11) is 3.18. The number of amides is 1. The molecule has 7 nitrogen and oxygen atoms in total. The Morgan fingerprint density at radius 2 is 1.93 bits per heavy atom. The average Bonchev–Trinajstić information content (AvgIpc) is 2.72. The summed E-state index contributed by atoms with van der Waals surface area (Å²) >= 11 is 6.21. The van der Waals surface area contributed by atoms with Crippen molar-refractivity contribution in [3.63, 3.8) is 0 Å². The van der Waals surface area contributed by atoms with E-state index in [9.17, 15) is 9.59 Å². The number of carbonyl (C=O) groups excluding carboxylic acids is 1. The van der Waals surface area contributed by atoms with Crippen molar-refractivity contribution in [2.24, 2.45) is 0 Å². The van der Waals surface area contributed by atoms with Gasteiger partial charge in [0, 0.05) is 26.2 Å². The molecule has 0 saturated carbocycles. The van der Waals surface area contributed by atoms with Gasteiger partial charge in [0.25, 0.3) is 0 Å². The number of hydrogen-bond acceptors (Lipinski definition) is 6. The summed E-state index contributed by atoms with van der Waals surface area (Å²) in [5.41, 5.74) is 2.43. The second-order valence-electron chi connectivity index (χ2n) is 6.79. The molecule has 2 aromatic carbocycles. The quantitative estimate of drug-likeness (QED) is 0.446. The number of aromatic nitrogens is 1. The van der Waals surface area contributed by atoms with Crippen LogP contribution in [-0.4, -0.2) is 30.1 Å². The van der Waals surface area contributed by atoms with E-state index in [2.05, 4.69) is 4.98 Å². The van der Waals surface area contributed by atoms with Crippen LogP contribution in [0.2, 0.25) is 5.02 Å². The number of nitrogens with zero attached hydrogens (tertiary/aromatic N) is 2. The van der Waals surface area contributed by atoms with Gasteiger partial charge in [0.1, 0.15) is 23.6 Å². The molecular formula is C22H17ClN2O5. The highest BCUT2D eigenvalue weighted by atomic mass is 35.5. The van der Waals surface area contributed by atoms with Crippen molar-refractivity contribution >= 4 is 28.8 Å². The van der Waals surface area contributed by atoms with Crippen molar-refractivity contribution < 1.29 is 18.7 Å². The molecule has 4 rings (SSSR count). The average molecular weight is 425 g/mol. The molecule has 152 valence electrons. The Labute approximate surface area is 176 Å². The Hall–Kier alpha value is -3.58. The highest BCUT2D eigenvalue weighted by Crippen LogP contribution is 2.28. The van der Waals surface area contributed by atoms with Gasteiger partial charge in [0.2, 0.25) is 0 Å². The number of fused-ring (bicyclic) bond motifs is 2. The van der Waals surface area contributed by atoms with Crippen molar-refractivity contribution in [3.05, 3.63) is 75.4 Å². The molecule has 0 radical (unpaired) electrons. The SMILES string of the molecule is CN(C)C(=O)Oc1ccc(COc2ccc3nc4ccc(=O)cc-4oc3c2)cc1Cl.